The lowest BCUT2D eigenvalue weighted by Crippen LogP contribution is -2.42. The molecule has 2 aromatic rings. The predicted molar refractivity (Wildman–Crippen MR) is 226 cm³/mol. The molecular weight excluding hydrogens is 641 g/mol. The number of aromatic nitrogens is 1. The third kappa shape index (κ3) is 20.7. The van der Waals surface area contributed by atoms with Gasteiger partial charge in [0.25, 0.3) is 0 Å². The fourth-order valence-corrected chi connectivity index (χ4v) is 6.63. The lowest BCUT2D eigenvalue weighted by atomic mass is 9.75. The van der Waals surface area contributed by atoms with Crippen LogP contribution in [0.3, 0.4) is 0 Å². The lowest BCUT2D eigenvalue weighted by molar-refractivity contribution is 0.0537. The molecule has 1 aromatic heterocycles. The summed E-state index contributed by atoms with van der Waals surface area (Å²) in [5, 5.41) is 9.35. The minimum Gasteiger partial charge on any atom is -0.450 e. The highest BCUT2D eigenvalue weighted by molar-refractivity contribution is 5.68. The number of pyridine rings is 1. The van der Waals surface area contributed by atoms with Crippen LogP contribution in [0.2, 0.25) is 0 Å². The second kappa shape index (κ2) is 21.5. The van der Waals surface area contributed by atoms with Crippen LogP contribution in [-0.4, -0.2) is 46.4 Å². The van der Waals surface area contributed by atoms with E-state index >= 15 is 0 Å². The second-order valence-electron chi connectivity index (χ2n) is 20.2. The summed E-state index contributed by atoms with van der Waals surface area (Å²) < 4.78 is 4.82. The van der Waals surface area contributed by atoms with Crippen LogP contribution >= 0.6 is 0 Å². The smallest absolute Gasteiger partial charge is 0.409 e. The van der Waals surface area contributed by atoms with Crippen molar-refractivity contribution in [1.29, 1.82) is 0 Å². The van der Waals surface area contributed by atoms with E-state index in [0.29, 0.717) is 23.4 Å². The largest absolute Gasteiger partial charge is 0.450 e. The molecule has 0 radical (unpaired) electrons. The Bertz CT molecular complexity index is 1150. The minimum atomic E-state index is -0.264. The maximum absolute atomic E-state index is 11.1. The van der Waals surface area contributed by atoms with E-state index in [1.807, 2.05) is 46.0 Å². The molecular formula is C47H84N2O3. The molecule has 4 rings (SSSR count). The van der Waals surface area contributed by atoms with Gasteiger partial charge in [0.1, 0.15) is 0 Å². The average Bonchev–Trinajstić information content (AvgIpc) is 3.94. The summed E-state index contributed by atoms with van der Waals surface area (Å²) in [5.74, 6) is 3.71. The van der Waals surface area contributed by atoms with Crippen molar-refractivity contribution in [2.45, 2.75) is 179 Å². The molecule has 2 aliphatic carbocycles. The first-order chi connectivity index (χ1) is 23.6. The Morgan fingerprint density at radius 2 is 1.21 bits per heavy atom. The number of aliphatic hydroxyl groups is 1. The minimum absolute atomic E-state index is 0.160. The van der Waals surface area contributed by atoms with Crippen LogP contribution in [0, 0.1) is 34.5 Å². The van der Waals surface area contributed by atoms with Crippen molar-refractivity contribution in [1.82, 2.24) is 9.88 Å². The SMILES string of the molecule is CC(C)(C)C(C1CC1)C1CC1.CC(C)(C)c1ccccc1.CC(C)(C)c1ccccn1.CCOC(=O)N(C)C(C)(C)C.CC[C@@H](C(C)O)C(C)(C)C. The van der Waals surface area contributed by atoms with Crippen molar-refractivity contribution in [3.05, 3.63) is 66.0 Å². The molecule has 52 heavy (non-hydrogen) atoms. The Hall–Kier alpha value is -2.40. The van der Waals surface area contributed by atoms with Gasteiger partial charge in [0.05, 0.1) is 12.7 Å². The lowest BCUT2D eigenvalue weighted by Gasteiger charge is -2.31. The van der Waals surface area contributed by atoms with Gasteiger partial charge in [0.15, 0.2) is 0 Å². The van der Waals surface area contributed by atoms with Crippen LogP contribution in [0.5, 0.6) is 0 Å². The summed E-state index contributed by atoms with van der Waals surface area (Å²) in [6.45, 7) is 39.1. The molecule has 1 unspecified atom stereocenters. The number of amides is 1. The summed E-state index contributed by atoms with van der Waals surface area (Å²) >= 11 is 0. The monoisotopic (exact) mass is 725 g/mol. The van der Waals surface area contributed by atoms with Crippen LogP contribution in [0.25, 0.3) is 0 Å². The Balaban J connectivity index is 0.000000626. The zero-order chi connectivity index (χ0) is 40.7. The first-order valence-electron chi connectivity index (χ1n) is 20.1. The number of carbonyl (C=O) groups excluding carboxylic acids is 1. The Kier molecular flexibility index (Phi) is 20.5. The molecule has 1 heterocycles. The molecule has 2 fully saturated rings. The molecule has 2 aliphatic rings. The summed E-state index contributed by atoms with van der Waals surface area (Å²) in [6.07, 6.45) is 8.56. The van der Waals surface area contributed by atoms with Gasteiger partial charge in [-0.15, -0.1) is 0 Å². The first kappa shape index (κ1) is 49.6. The Labute approximate surface area is 323 Å². The molecule has 5 heteroatoms. The van der Waals surface area contributed by atoms with Gasteiger partial charge < -0.3 is 14.7 Å². The number of ether oxygens (including phenoxy) is 1. The predicted octanol–water partition coefficient (Wildman–Crippen LogP) is 13.1. The highest BCUT2D eigenvalue weighted by Gasteiger charge is 2.46. The molecule has 2 saturated carbocycles. The van der Waals surface area contributed by atoms with E-state index < -0.39 is 0 Å². The van der Waals surface area contributed by atoms with Crippen molar-refractivity contribution < 1.29 is 14.6 Å². The average molecular weight is 725 g/mol. The third-order valence-electron chi connectivity index (χ3n) is 10.0. The maximum Gasteiger partial charge on any atom is 0.409 e. The van der Waals surface area contributed by atoms with E-state index in [2.05, 4.69) is 131 Å². The highest BCUT2D eigenvalue weighted by Crippen LogP contribution is 2.56. The van der Waals surface area contributed by atoms with E-state index in [1.54, 1.807) is 18.9 Å². The van der Waals surface area contributed by atoms with Crippen molar-refractivity contribution in [2.75, 3.05) is 13.7 Å². The van der Waals surface area contributed by atoms with Gasteiger partial charge in [0.2, 0.25) is 0 Å². The molecule has 1 N–H and O–H groups in total. The van der Waals surface area contributed by atoms with Crippen molar-refractivity contribution in [2.24, 2.45) is 34.5 Å². The van der Waals surface area contributed by atoms with E-state index in [9.17, 15) is 9.90 Å². The van der Waals surface area contributed by atoms with Crippen molar-refractivity contribution >= 4 is 6.09 Å². The summed E-state index contributed by atoms with van der Waals surface area (Å²) in [7, 11) is 1.73. The molecule has 1 amide bonds. The standard InChI is InChI=1S/C11H20.C10H14.C9H13N.C9H20O.C8H17NO2/c1-11(2,3)10(8-4-5-8)9-6-7-9;1-10(2,3)9-7-5-4-6-8-9;1-9(2,3)8-6-4-5-7-10-8;1-6-8(7(2)10)9(3,4)5;1-6-11-7(10)9(5)8(2,3)4/h8-10H,4-7H2,1-3H3;4-8H,1-3H3;4-7H,1-3H3;7-8,10H,6H2,1-5H3;6H2,1-5H3/t;;;7?,8-;/m...0./s1. The summed E-state index contributed by atoms with van der Waals surface area (Å²) in [6, 6.07) is 16.6. The summed E-state index contributed by atoms with van der Waals surface area (Å²) in [5.41, 5.74) is 3.69. The Morgan fingerprint density at radius 3 is 1.42 bits per heavy atom. The number of aliphatic hydroxyl groups excluding tert-OH is 1. The van der Waals surface area contributed by atoms with Crippen LogP contribution in [0.4, 0.5) is 4.79 Å². The van der Waals surface area contributed by atoms with E-state index in [1.165, 1.54) is 31.2 Å². The number of carbonyl (C=O) groups is 1. The number of hydrogen-bond donors (Lipinski definition) is 1. The van der Waals surface area contributed by atoms with Crippen LogP contribution in [0.1, 0.15) is 168 Å². The Morgan fingerprint density at radius 1 is 0.750 bits per heavy atom. The molecule has 0 spiro atoms. The van der Waals surface area contributed by atoms with Gasteiger partial charge in [-0.2, -0.15) is 0 Å². The van der Waals surface area contributed by atoms with Gasteiger partial charge in [-0.3, -0.25) is 4.98 Å². The highest BCUT2D eigenvalue weighted by atomic mass is 16.6. The van der Waals surface area contributed by atoms with Crippen LogP contribution in [-0.2, 0) is 15.6 Å². The zero-order valence-electron chi connectivity index (χ0n) is 37.5. The molecule has 5 nitrogen and oxygen atoms in total. The normalized spacial score (nSPS) is 15.9. The summed E-state index contributed by atoms with van der Waals surface area (Å²) in [4.78, 5) is 16.9. The van der Waals surface area contributed by atoms with E-state index in [0.717, 1.165) is 29.9 Å². The fourth-order valence-electron chi connectivity index (χ4n) is 6.63. The van der Waals surface area contributed by atoms with Gasteiger partial charge in [-0.05, 0) is 118 Å². The van der Waals surface area contributed by atoms with Gasteiger partial charge in [-0.1, -0.05) is 133 Å². The molecule has 300 valence electrons. The molecule has 2 atom stereocenters. The van der Waals surface area contributed by atoms with Crippen molar-refractivity contribution in [3.8, 4) is 0 Å². The molecule has 1 aromatic carbocycles. The molecule has 0 aliphatic heterocycles. The van der Waals surface area contributed by atoms with Crippen LogP contribution in [0.15, 0.2) is 54.7 Å². The molecule has 0 bridgehead atoms. The van der Waals surface area contributed by atoms with Gasteiger partial charge in [0, 0.05) is 29.9 Å². The van der Waals surface area contributed by atoms with Crippen LogP contribution < -0.4 is 0 Å². The van der Waals surface area contributed by atoms with Crippen molar-refractivity contribution in [3.63, 3.8) is 0 Å². The number of benzene rings is 1. The number of rotatable bonds is 5. The first-order valence-corrected chi connectivity index (χ1v) is 20.1. The fraction of sp³-hybridized carbons (Fsp3) is 0.745. The second-order valence-corrected chi connectivity index (χ2v) is 20.2. The topological polar surface area (TPSA) is 62.7 Å². The van der Waals surface area contributed by atoms with Gasteiger partial charge in [-0.25, -0.2) is 4.79 Å². The van der Waals surface area contributed by atoms with Gasteiger partial charge >= 0.3 is 6.09 Å². The van der Waals surface area contributed by atoms with E-state index in [4.69, 9.17) is 4.74 Å². The number of nitrogens with zero attached hydrogens (tertiary/aromatic N) is 2. The number of hydrogen-bond acceptors (Lipinski definition) is 4. The maximum atomic E-state index is 11.1. The quantitative estimate of drug-likeness (QED) is 0.333. The third-order valence-corrected chi connectivity index (χ3v) is 10.0. The van der Waals surface area contributed by atoms with E-state index in [-0.39, 0.29) is 28.6 Å². The molecule has 0 saturated heterocycles. The zero-order valence-corrected chi connectivity index (χ0v) is 37.5.